The zero-order valence-electron chi connectivity index (χ0n) is 11.7. The SMILES string of the molecule is Cc1cc(CNCC(O)c2ccc(C#N)cc2)sc1C. The topological polar surface area (TPSA) is 56.0 Å². The average molecular weight is 286 g/mol. The highest BCUT2D eigenvalue weighted by molar-refractivity contribution is 7.12. The second-order valence-corrected chi connectivity index (χ2v) is 6.17. The lowest BCUT2D eigenvalue weighted by Gasteiger charge is -2.11. The van der Waals surface area contributed by atoms with Crippen LogP contribution in [-0.2, 0) is 6.54 Å². The third-order valence-electron chi connectivity index (χ3n) is 3.28. The standard InChI is InChI=1S/C16H18N2OS/c1-11-7-15(20-12(11)2)9-18-10-16(19)14-5-3-13(8-17)4-6-14/h3-7,16,18-19H,9-10H2,1-2H3. The van der Waals surface area contributed by atoms with Gasteiger partial charge in [-0.15, -0.1) is 11.3 Å². The summed E-state index contributed by atoms with van der Waals surface area (Å²) in [5.41, 5.74) is 2.76. The molecule has 1 aromatic carbocycles. The smallest absolute Gasteiger partial charge is 0.0991 e. The van der Waals surface area contributed by atoms with Crippen molar-refractivity contribution in [1.29, 1.82) is 5.26 Å². The minimum atomic E-state index is -0.551. The molecule has 2 rings (SSSR count). The minimum absolute atomic E-state index is 0.502. The molecule has 3 nitrogen and oxygen atoms in total. The molecule has 104 valence electrons. The van der Waals surface area contributed by atoms with Crippen molar-refractivity contribution >= 4 is 11.3 Å². The van der Waals surface area contributed by atoms with Gasteiger partial charge in [0, 0.05) is 22.8 Å². The fourth-order valence-corrected chi connectivity index (χ4v) is 2.99. The maximum atomic E-state index is 10.1. The quantitative estimate of drug-likeness (QED) is 0.888. The van der Waals surface area contributed by atoms with E-state index in [1.54, 1.807) is 35.6 Å². The number of thiophene rings is 1. The van der Waals surface area contributed by atoms with Crippen LogP contribution in [0.3, 0.4) is 0 Å². The second kappa shape index (κ2) is 6.67. The Morgan fingerprint density at radius 1 is 1.30 bits per heavy atom. The molecule has 0 aliphatic rings. The first kappa shape index (κ1) is 14.7. The van der Waals surface area contributed by atoms with Crippen LogP contribution in [0.4, 0.5) is 0 Å². The van der Waals surface area contributed by atoms with E-state index in [4.69, 9.17) is 5.26 Å². The fourth-order valence-electron chi connectivity index (χ4n) is 1.97. The van der Waals surface area contributed by atoms with E-state index in [0.717, 1.165) is 12.1 Å². The lowest BCUT2D eigenvalue weighted by atomic mass is 10.1. The van der Waals surface area contributed by atoms with Crippen LogP contribution in [0.5, 0.6) is 0 Å². The van der Waals surface area contributed by atoms with Gasteiger partial charge in [0.25, 0.3) is 0 Å². The monoisotopic (exact) mass is 286 g/mol. The summed E-state index contributed by atoms with van der Waals surface area (Å²) in [6.07, 6.45) is -0.551. The molecular formula is C16H18N2OS. The molecule has 0 fully saturated rings. The van der Waals surface area contributed by atoms with Crippen LogP contribution in [0.25, 0.3) is 0 Å². The molecule has 2 aromatic rings. The van der Waals surface area contributed by atoms with Gasteiger partial charge in [0.1, 0.15) is 0 Å². The van der Waals surface area contributed by atoms with Gasteiger partial charge in [-0.2, -0.15) is 5.26 Å². The maximum absolute atomic E-state index is 10.1. The van der Waals surface area contributed by atoms with E-state index < -0.39 is 6.10 Å². The molecule has 0 aliphatic carbocycles. The van der Waals surface area contributed by atoms with Crippen LogP contribution >= 0.6 is 11.3 Å². The summed E-state index contributed by atoms with van der Waals surface area (Å²) in [6, 6.07) is 11.3. The number of aliphatic hydroxyl groups is 1. The van der Waals surface area contributed by atoms with Crippen molar-refractivity contribution in [1.82, 2.24) is 5.32 Å². The Hall–Kier alpha value is -1.67. The number of hydrogen-bond donors (Lipinski definition) is 2. The van der Waals surface area contributed by atoms with E-state index in [-0.39, 0.29) is 0 Å². The summed E-state index contributed by atoms with van der Waals surface area (Å²) in [4.78, 5) is 2.63. The summed E-state index contributed by atoms with van der Waals surface area (Å²) < 4.78 is 0. The van der Waals surface area contributed by atoms with Gasteiger partial charge in [-0.1, -0.05) is 12.1 Å². The van der Waals surface area contributed by atoms with Crippen LogP contribution in [0.1, 0.15) is 32.5 Å². The van der Waals surface area contributed by atoms with Gasteiger partial charge < -0.3 is 10.4 Å². The summed E-state index contributed by atoms with van der Waals surface area (Å²) in [7, 11) is 0. The first-order valence-electron chi connectivity index (χ1n) is 6.55. The van der Waals surface area contributed by atoms with E-state index in [1.165, 1.54) is 15.3 Å². The summed E-state index contributed by atoms with van der Waals surface area (Å²) in [5, 5.41) is 22.1. The second-order valence-electron chi connectivity index (χ2n) is 4.83. The van der Waals surface area contributed by atoms with E-state index in [2.05, 4.69) is 31.3 Å². The largest absolute Gasteiger partial charge is 0.387 e. The lowest BCUT2D eigenvalue weighted by molar-refractivity contribution is 0.174. The molecule has 0 saturated carbocycles. The zero-order valence-corrected chi connectivity index (χ0v) is 12.5. The number of aliphatic hydroxyl groups excluding tert-OH is 1. The Kier molecular flexibility index (Phi) is 4.91. The van der Waals surface area contributed by atoms with Crippen molar-refractivity contribution < 1.29 is 5.11 Å². The zero-order chi connectivity index (χ0) is 14.5. The lowest BCUT2D eigenvalue weighted by Crippen LogP contribution is -2.20. The summed E-state index contributed by atoms with van der Waals surface area (Å²) in [5.74, 6) is 0. The first-order chi connectivity index (χ1) is 9.60. The van der Waals surface area contributed by atoms with Gasteiger partial charge in [0.05, 0.1) is 17.7 Å². The predicted molar refractivity (Wildman–Crippen MR) is 81.6 cm³/mol. The minimum Gasteiger partial charge on any atom is -0.387 e. The molecular weight excluding hydrogens is 268 g/mol. The fraction of sp³-hybridized carbons (Fsp3) is 0.312. The Labute approximate surface area is 123 Å². The van der Waals surface area contributed by atoms with Crippen LogP contribution in [-0.4, -0.2) is 11.7 Å². The van der Waals surface area contributed by atoms with Gasteiger partial charge in [-0.25, -0.2) is 0 Å². The molecule has 20 heavy (non-hydrogen) atoms. The van der Waals surface area contributed by atoms with Crippen molar-refractivity contribution in [2.24, 2.45) is 0 Å². The molecule has 1 heterocycles. The number of rotatable bonds is 5. The Bertz CT molecular complexity index is 591. The number of nitrogens with zero attached hydrogens (tertiary/aromatic N) is 1. The number of benzene rings is 1. The molecule has 0 bridgehead atoms. The van der Waals surface area contributed by atoms with Crippen molar-refractivity contribution in [2.45, 2.75) is 26.5 Å². The Morgan fingerprint density at radius 3 is 2.55 bits per heavy atom. The molecule has 0 saturated heterocycles. The van der Waals surface area contributed by atoms with E-state index >= 15 is 0 Å². The van der Waals surface area contributed by atoms with E-state index in [0.29, 0.717) is 12.1 Å². The van der Waals surface area contributed by atoms with E-state index in [1.807, 2.05) is 0 Å². The van der Waals surface area contributed by atoms with Gasteiger partial charge in [-0.05, 0) is 43.2 Å². The first-order valence-corrected chi connectivity index (χ1v) is 7.36. The van der Waals surface area contributed by atoms with Crippen molar-refractivity contribution in [2.75, 3.05) is 6.54 Å². The van der Waals surface area contributed by atoms with Crippen LogP contribution < -0.4 is 5.32 Å². The Morgan fingerprint density at radius 2 is 2.00 bits per heavy atom. The molecule has 0 radical (unpaired) electrons. The van der Waals surface area contributed by atoms with E-state index in [9.17, 15) is 5.11 Å². The van der Waals surface area contributed by atoms with Crippen LogP contribution in [0.15, 0.2) is 30.3 Å². The highest BCUT2D eigenvalue weighted by atomic mass is 32.1. The van der Waals surface area contributed by atoms with Gasteiger partial charge in [0.2, 0.25) is 0 Å². The number of nitriles is 1. The third-order valence-corrected chi connectivity index (χ3v) is 4.43. The Balaban J connectivity index is 1.85. The molecule has 2 N–H and O–H groups in total. The van der Waals surface area contributed by atoms with Crippen LogP contribution in [0.2, 0.25) is 0 Å². The van der Waals surface area contributed by atoms with Gasteiger partial charge in [-0.3, -0.25) is 0 Å². The molecule has 4 heteroatoms. The highest BCUT2D eigenvalue weighted by Crippen LogP contribution is 2.20. The molecule has 0 aliphatic heterocycles. The molecule has 1 atom stereocenters. The van der Waals surface area contributed by atoms with Crippen LogP contribution in [0, 0.1) is 25.2 Å². The maximum Gasteiger partial charge on any atom is 0.0991 e. The van der Waals surface area contributed by atoms with Crippen molar-refractivity contribution in [3.63, 3.8) is 0 Å². The molecule has 0 spiro atoms. The summed E-state index contributed by atoms with van der Waals surface area (Å²) >= 11 is 1.79. The molecule has 1 unspecified atom stereocenters. The highest BCUT2D eigenvalue weighted by Gasteiger charge is 2.08. The van der Waals surface area contributed by atoms with Gasteiger partial charge >= 0.3 is 0 Å². The normalized spacial score (nSPS) is 12.1. The number of nitrogens with one attached hydrogen (secondary N) is 1. The third kappa shape index (κ3) is 3.67. The number of aryl methyl sites for hydroxylation is 2. The van der Waals surface area contributed by atoms with Gasteiger partial charge in [0.15, 0.2) is 0 Å². The average Bonchev–Trinajstić information content (AvgIpc) is 2.77. The molecule has 1 aromatic heterocycles. The van der Waals surface area contributed by atoms with Crippen molar-refractivity contribution in [3.8, 4) is 6.07 Å². The number of hydrogen-bond acceptors (Lipinski definition) is 4. The van der Waals surface area contributed by atoms with Crippen molar-refractivity contribution in [3.05, 3.63) is 56.8 Å². The molecule has 0 amide bonds. The predicted octanol–water partition coefficient (Wildman–Crippen LogP) is 3.06. The summed E-state index contributed by atoms with van der Waals surface area (Å²) in [6.45, 7) is 5.50.